The smallest absolute Gasteiger partial charge is 0.101 e. The van der Waals surface area contributed by atoms with Gasteiger partial charge in [0.05, 0.1) is 0 Å². The Labute approximate surface area is 127 Å². The van der Waals surface area contributed by atoms with Crippen LogP contribution >= 0.6 is 0 Å². The van der Waals surface area contributed by atoms with E-state index in [0.29, 0.717) is 6.17 Å². The van der Waals surface area contributed by atoms with Crippen LogP contribution in [0.15, 0.2) is 12.4 Å². The summed E-state index contributed by atoms with van der Waals surface area (Å²) in [5.41, 5.74) is 0. The molecule has 0 radical (unpaired) electrons. The summed E-state index contributed by atoms with van der Waals surface area (Å²) in [5, 5.41) is 0. The minimum absolute atomic E-state index is 0.648. The second-order valence-electron chi connectivity index (χ2n) is 6.16. The zero-order chi connectivity index (χ0) is 14.6. The minimum atomic E-state index is 0.648. The summed E-state index contributed by atoms with van der Waals surface area (Å²) in [6.07, 6.45) is 18.8. The predicted molar refractivity (Wildman–Crippen MR) is 89.5 cm³/mol. The van der Waals surface area contributed by atoms with Crippen LogP contribution in [0.2, 0.25) is 0 Å². The van der Waals surface area contributed by atoms with Crippen LogP contribution in [0, 0.1) is 0 Å². The standard InChI is InChI=1S/C18H36N2/c1-4-7-10-11-13-18-19(14-9-6-3)16-17-20(18)15-12-8-5-2/h16-18H,4-15H2,1-3H3. The van der Waals surface area contributed by atoms with Gasteiger partial charge in [0, 0.05) is 25.5 Å². The van der Waals surface area contributed by atoms with E-state index in [1.165, 1.54) is 77.3 Å². The molecule has 0 aromatic carbocycles. The summed E-state index contributed by atoms with van der Waals surface area (Å²) in [6.45, 7) is 9.34. The maximum atomic E-state index is 2.59. The van der Waals surface area contributed by atoms with Gasteiger partial charge in [0.1, 0.15) is 6.17 Å². The Kier molecular flexibility index (Phi) is 9.61. The van der Waals surface area contributed by atoms with Crippen molar-refractivity contribution in [2.75, 3.05) is 13.1 Å². The molecule has 2 nitrogen and oxygen atoms in total. The monoisotopic (exact) mass is 280 g/mol. The molecule has 0 amide bonds. The molecule has 20 heavy (non-hydrogen) atoms. The van der Waals surface area contributed by atoms with E-state index in [1.807, 2.05) is 0 Å². The van der Waals surface area contributed by atoms with Crippen LogP contribution in [0.5, 0.6) is 0 Å². The van der Waals surface area contributed by atoms with Crippen LogP contribution in [0.3, 0.4) is 0 Å². The Bertz CT molecular complexity index is 250. The molecule has 0 fully saturated rings. The summed E-state index contributed by atoms with van der Waals surface area (Å²) in [7, 11) is 0. The molecule has 0 aromatic rings. The van der Waals surface area contributed by atoms with Gasteiger partial charge in [-0.05, 0) is 25.7 Å². The predicted octanol–water partition coefficient (Wildman–Crippen LogP) is 5.36. The van der Waals surface area contributed by atoms with E-state index in [2.05, 4.69) is 43.0 Å². The highest BCUT2D eigenvalue weighted by Crippen LogP contribution is 2.22. The van der Waals surface area contributed by atoms with Crippen LogP contribution in [-0.4, -0.2) is 29.1 Å². The lowest BCUT2D eigenvalue weighted by Crippen LogP contribution is -2.39. The Morgan fingerprint density at radius 2 is 1.20 bits per heavy atom. The van der Waals surface area contributed by atoms with Crippen molar-refractivity contribution in [1.29, 1.82) is 0 Å². The summed E-state index contributed by atoms with van der Waals surface area (Å²) >= 11 is 0. The van der Waals surface area contributed by atoms with E-state index >= 15 is 0 Å². The van der Waals surface area contributed by atoms with Gasteiger partial charge in [-0.25, -0.2) is 0 Å². The van der Waals surface area contributed by atoms with Gasteiger partial charge < -0.3 is 9.80 Å². The summed E-state index contributed by atoms with van der Waals surface area (Å²) in [4.78, 5) is 5.18. The summed E-state index contributed by atoms with van der Waals surface area (Å²) in [6, 6.07) is 0. The van der Waals surface area contributed by atoms with E-state index < -0.39 is 0 Å². The molecule has 1 aliphatic heterocycles. The summed E-state index contributed by atoms with van der Waals surface area (Å²) in [5.74, 6) is 0. The molecule has 2 heteroatoms. The van der Waals surface area contributed by atoms with Gasteiger partial charge in [0.25, 0.3) is 0 Å². The molecule has 0 aromatic heterocycles. The van der Waals surface area contributed by atoms with Crippen molar-refractivity contribution in [3.8, 4) is 0 Å². The highest BCUT2D eigenvalue weighted by atomic mass is 15.4. The number of hydrogen-bond acceptors (Lipinski definition) is 2. The van der Waals surface area contributed by atoms with Gasteiger partial charge in [-0.3, -0.25) is 0 Å². The Morgan fingerprint density at radius 3 is 1.80 bits per heavy atom. The van der Waals surface area contributed by atoms with Crippen molar-refractivity contribution < 1.29 is 0 Å². The molecule has 0 saturated carbocycles. The zero-order valence-electron chi connectivity index (χ0n) is 14.1. The SMILES string of the molecule is CCCCCCC1N(CCCC)C=CN1CCCCC. The lowest BCUT2D eigenvalue weighted by Gasteiger charge is -2.33. The normalized spacial score (nSPS) is 18.2. The maximum Gasteiger partial charge on any atom is 0.101 e. The quantitative estimate of drug-likeness (QED) is 0.444. The molecule has 0 N–H and O–H groups in total. The molecule has 0 aliphatic carbocycles. The lowest BCUT2D eigenvalue weighted by atomic mass is 10.1. The molecular weight excluding hydrogens is 244 g/mol. The van der Waals surface area contributed by atoms with Crippen molar-refractivity contribution >= 4 is 0 Å². The van der Waals surface area contributed by atoms with E-state index in [-0.39, 0.29) is 0 Å². The zero-order valence-corrected chi connectivity index (χ0v) is 14.1. The first-order valence-corrected chi connectivity index (χ1v) is 9.03. The average Bonchev–Trinajstić information content (AvgIpc) is 2.84. The van der Waals surface area contributed by atoms with Gasteiger partial charge in [-0.2, -0.15) is 0 Å². The molecule has 1 aliphatic rings. The molecule has 0 saturated heterocycles. The lowest BCUT2D eigenvalue weighted by molar-refractivity contribution is 0.136. The number of nitrogens with zero attached hydrogens (tertiary/aromatic N) is 2. The Morgan fingerprint density at radius 1 is 0.650 bits per heavy atom. The van der Waals surface area contributed by atoms with Crippen LogP contribution in [0.1, 0.15) is 85.0 Å². The fraction of sp³-hybridized carbons (Fsp3) is 0.889. The van der Waals surface area contributed by atoms with Gasteiger partial charge >= 0.3 is 0 Å². The minimum Gasteiger partial charge on any atom is -0.356 e. The first-order valence-electron chi connectivity index (χ1n) is 9.03. The molecule has 0 bridgehead atoms. The molecule has 1 atom stereocenters. The van der Waals surface area contributed by atoms with Crippen molar-refractivity contribution in [3.63, 3.8) is 0 Å². The summed E-state index contributed by atoms with van der Waals surface area (Å²) < 4.78 is 0. The average molecular weight is 280 g/mol. The first kappa shape index (κ1) is 17.4. The van der Waals surface area contributed by atoms with Gasteiger partial charge in [0.2, 0.25) is 0 Å². The van der Waals surface area contributed by atoms with Crippen molar-refractivity contribution in [2.45, 2.75) is 91.1 Å². The molecule has 1 heterocycles. The maximum absolute atomic E-state index is 2.59. The fourth-order valence-corrected chi connectivity index (χ4v) is 2.98. The molecule has 118 valence electrons. The van der Waals surface area contributed by atoms with Crippen LogP contribution < -0.4 is 0 Å². The number of rotatable bonds is 12. The highest BCUT2D eigenvalue weighted by molar-refractivity contribution is 4.96. The van der Waals surface area contributed by atoms with Crippen LogP contribution in [0.25, 0.3) is 0 Å². The second kappa shape index (κ2) is 11.0. The van der Waals surface area contributed by atoms with E-state index in [1.54, 1.807) is 0 Å². The molecule has 1 rings (SSSR count). The third-order valence-electron chi connectivity index (χ3n) is 4.32. The van der Waals surface area contributed by atoms with Gasteiger partial charge in [0.15, 0.2) is 0 Å². The number of hydrogen-bond donors (Lipinski definition) is 0. The third kappa shape index (κ3) is 6.19. The Hall–Kier alpha value is -0.660. The molecule has 1 unspecified atom stereocenters. The van der Waals surface area contributed by atoms with Crippen molar-refractivity contribution in [1.82, 2.24) is 9.80 Å². The largest absolute Gasteiger partial charge is 0.356 e. The number of unbranched alkanes of at least 4 members (excludes halogenated alkanes) is 6. The first-order chi connectivity index (χ1) is 9.83. The molecule has 0 spiro atoms. The van der Waals surface area contributed by atoms with E-state index in [9.17, 15) is 0 Å². The van der Waals surface area contributed by atoms with Gasteiger partial charge in [-0.15, -0.1) is 0 Å². The third-order valence-corrected chi connectivity index (χ3v) is 4.32. The second-order valence-corrected chi connectivity index (χ2v) is 6.16. The van der Waals surface area contributed by atoms with Crippen LogP contribution in [-0.2, 0) is 0 Å². The van der Waals surface area contributed by atoms with E-state index in [0.717, 1.165) is 0 Å². The van der Waals surface area contributed by atoms with Crippen molar-refractivity contribution in [3.05, 3.63) is 12.4 Å². The topological polar surface area (TPSA) is 6.48 Å². The van der Waals surface area contributed by atoms with Gasteiger partial charge in [-0.1, -0.05) is 59.3 Å². The Balaban J connectivity index is 2.39. The van der Waals surface area contributed by atoms with Crippen molar-refractivity contribution in [2.24, 2.45) is 0 Å². The molecular formula is C18H36N2. The fourth-order valence-electron chi connectivity index (χ4n) is 2.98. The van der Waals surface area contributed by atoms with Crippen LogP contribution in [0.4, 0.5) is 0 Å². The van der Waals surface area contributed by atoms with E-state index in [4.69, 9.17) is 0 Å². The highest BCUT2D eigenvalue weighted by Gasteiger charge is 2.24.